The first-order chi connectivity index (χ1) is 12.5. The van der Waals surface area contributed by atoms with E-state index in [4.69, 9.17) is 0 Å². The van der Waals surface area contributed by atoms with Crippen molar-refractivity contribution in [1.29, 1.82) is 0 Å². The van der Waals surface area contributed by atoms with Gasteiger partial charge in [0.25, 0.3) is 0 Å². The smallest absolute Gasteiger partial charge is 0.247 e. The normalized spacial score (nSPS) is 10.0. The van der Waals surface area contributed by atoms with Gasteiger partial charge in [0.05, 0.1) is 0 Å². The third-order valence-electron chi connectivity index (χ3n) is 3.54. The van der Waals surface area contributed by atoms with Crippen molar-refractivity contribution in [1.82, 2.24) is 15.1 Å². The Bertz CT molecular complexity index is 795. The Labute approximate surface area is 151 Å². The molecule has 0 atom stereocenters. The van der Waals surface area contributed by atoms with Gasteiger partial charge < -0.3 is 16.0 Å². The van der Waals surface area contributed by atoms with E-state index in [2.05, 4.69) is 27.6 Å². The average molecular weight is 355 g/mol. The zero-order chi connectivity index (χ0) is 18.9. The minimum Gasteiger partial charge on any atom is -0.358 e. The third-order valence-corrected chi connectivity index (χ3v) is 3.54. The van der Waals surface area contributed by atoms with Crippen molar-refractivity contribution >= 4 is 29.2 Å². The highest BCUT2D eigenvalue weighted by atomic mass is 16.2. The maximum absolute atomic E-state index is 12.0. The van der Waals surface area contributed by atoms with Gasteiger partial charge in [-0.2, -0.15) is 5.10 Å². The summed E-state index contributed by atoms with van der Waals surface area (Å²) < 4.78 is 1.45. The van der Waals surface area contributed by atoms with Crippen LogP contribution in [-0.2, 0) is 27.3 Å². The van der Waals surface area contributed by atoms with Gasteiger partial charge in [-0.25, -0.2) is 0 Å². The number of nitrogens with one attached hydrogen (secondary N) is 3. The highest BCUT2D eigenvalue weighted by Gasteiger charge is 2.07. The van der Waals surface area contributed by atoms with E-state index in [0.717, 1.165) is 5.56 Å². The van der Waals surface area contributed by atoms with Crippen molar-refractivity contribution < 1.29 is 14.4 Å². The minimum absolute atomic E-state index is 0.0983. The first-order valence-electron chi connectivity index (χ1n) is 8.06. The predicted molar refractivity (Wildman–Crippen MR) is 98.5 cm³/mol. The van der Waals surface area contributed by atoms with Crippen LogP contribution in [0.3, 0.4) is 0 Å². The number of aryl methyl sites for hydroxylation is 1. The molecule has 0 bridgehead atoms. The molecule has 0 fully saturated rings. The highest BCUT2D eigenvalue weighted by Crippen LogP contribution is 2.12. The average Bonchev–Trinajstić information content (AvgIpc) is 3.07. The van der Waals surface area contributed by atoms with Crippen LogP contribution in [0.2, 0.25) is 0 Å². The van der Waals surface area contributed by atoms with Gasteiger partial charge in [-0.05, 0) is 30.2 Å². The number of hydrogen-bond acceptors (Lipinski definition) is 4. The molecule has 2 aromatic rings. The molecule has 0 aliphatic heterocycles. The van der Waals surface area contributed by atoms with Crippen LogP contribution in [0.5, 0.6) is 0 Å². The van der Waals surface area contributed by atoms with E-state index in [1.54, 1.807) is 31.4 Å². The summed E-state index contributed by atoms with van der Waals surface area (Å²) in [5, 5.41) is 12.0. The van der Waals surface area contributed by atoms with Gasteiger partial charge in [0, 0.05) is 31.4 Å². The summed E-state index contributed by atoms with van der Waals surface area (Å²) in [6.07, 6.45) is 3.68. The van der Waals surface area contributed by atoms with Crippen LogP contribution in [0.25, 0.3) is 0 Å². The van der Waals surface area contributed by atoms with Crippen LogP contribution >= 0.6 is 0 Å². The molecule has 8 heteroatoms. The van der Waals surface area contributed by atoms with E-state index >= 15 is 0 Å². The lowest BCUT2D eigenvalue weighted by molar-refractivity contribution is -0.121. The van der Waals surface area contributed by atoms with Gasteiger partial charge in [-0.15, -0.1) is 0 Å². The molecule has 8 nitrogen and oxygen atoms in total. The lowest BCUT2D eigenvalue weighted by Gasteiger charge is -2.05. The van der Waals surface area contributed by atoms with E-state index in [0.29, 0.717) is 24.3 Å². The number of aromatic nitrogens is 2. The monoisotopic (exact) mass is 355 g/mol. The molecule has 1 aromatic heterocycles. The molecular weight excluding hydrogens is 334 g/mol. The van der Waals surface area contributed by atoms with Crippen molar-refractivity contribution in [3.05, 3.63) is 54.7 Å². The van der Waals surface area contributed by atoms with Gasteiger partial charge in [0.1, 0.15) is 6.54 Å². The van der Waals surface area contributed by atoms with Gasteiger partial charge >= 0.3 is 0 Å². The highest BCUT2D eigenvalue weighted by molar-refractivity contribution is 5.98. The van der Waals surface area contributed by atoms with Crippen molar-refractivity contribution in [3.63, 3.8) is 0 Å². The summed E-state index contributed by atoms with van der Waals surface area (Å²) in [6, 6.07) is 8.89. The van der Waals surface area contributed by atoms with Crippen molar-refractivity contribution in [2.45, 2.75) is 19.4 Å². The molecule has 0 saturated carbocycles. The van der Waals surface area contributed by atoms with E-state index in [9.17, 15) is 14.4 Å². The Hall–Kier alpha value is -3.42. The molecule has 0 radical (unpaired) electrons. The Morgan fingerprint density at radius 3 is 2.50 bits per heavy atom. The number of rotatable bonds is 8. The number of amides is 3. The molecular formula is C18H21N5O3. The maximum atomic E-state index is 12.0. The molecule has 0 aliphatic rings. The fraction of sp³-hybridized carbons (Fsp3) is 0.222. The van der Waals surface area contributed by atoms with Crippen molar-refractivity contribution in [3.8, 4) is 0 Å². The molecule has 1 heterocycles. The lowest BCUT2D eigenvalue weighted by Crippen LogP contribution is -2.23. The van der Waals surface area contributed by atoms with Crippen LogP contribution < -0.4 is 16.0 Å². The molecule has 136 valence electrons. The first kappa shape index (κ1) is 18.9. The van der Waals surface area contributed by atoms with Gasteiger partial charge in [0.15, 0.2) is 5.82 Å². The first-order valence-corrected chi connectivity index (χ1v) is 8.06. The number of hydrogen-bond donors (Lipinski definition) is 3. The van der Waals surface area contributed by atoms with Crippen LogP contribution in [0.4, 0.5) is 11.5 Å². The van der Waals surface area contributed by atoms with Crippen LogP contribution in [0.1, 0.15) is 12.0 Å². The second-order valence-electron chi connectivity index (χ2n) is 5.51. The second-order valence-corrected chi connectivity index (χ2v) is 5.51. The SMILES string of the molecule is C=CC(=O)Nc1ccc(CCC(=O)Nc2ccn(CC(=O)NC)n2)cc1. The van der Waals surface area contributed by atoms with Crippen LogP contribution in [0.15, 0.2) is 49.2 Å². The summed E-state index contributed by atoms with van der Waals surface area (Å²) >= 11 is 0. The van der Waals surface area contributed by atoms with Gasteiger partial charge in [0.2, 0.25) is 17.7 Å². The molecule has 3 amide bonds. The van der Waals surface area contributed by atoms with Crippen molar-refractivity contribution in [2.24, 2.45) is 0 Å². The number of benzene rings is 1. The Morgan fingerprint density at radius 1 is 1.12 bits per heavy atom. The van der Waals surface area contributed by atoms with Crippen molar-refractivity contribution in [2.75, 3.05) is 17.7 Å². The summed E-state index contributed by atoms with van der Waals surface area (Å²) in [5.41, 5.74) is 1.65. The Balaban J connectivity index is 1.80. The maximum Gasteiger partial charge on any atom is 0.247 e. The van der Waals surface area contributed by atoms with Gasteiger partial charge in [-0.3, -0.25) is 19.1 Å². The molecule has 0 spiro atoms. The molecule has 0 unspecified atom stereocenters. The van der Waals surface area contributed by atoms with E-state index in [1.807, 2.05) is 12.1 Å². The number of carbonyl (C=O) groups excluding carboxylic acids is 3. The van der Waals surface area contributed by atoms with E-state index in [1.165, 1.54) is 10.8 Å². The molecule has 2 rings (SSSR count). The molecule has 0 saturated heterocycles. The topological polar surface area (TPSA) is 105 Å². The number of carbonyl (C=O) groups is 3. The Kier molecular flexibility index (Phi) is 6.67. The quantitative estimate of drug-likeness (QED) is 0.621. The molecule has 26 heavy (non-hydrogen) atoms. The zero-order valence-corrected chi connectivity index (χ0v) is 14.5. The zero-order valence-electron chi connectivity index (χ0n) is 14.5. The standard InChI is InChI=1S/C18H21N5O3/c1-3-16(24)20-14-7-4-13(5-8-14)6-9-17(25)21-15-10-11-23(22-15)12-18(26)19-2/h3-5,7-8,10-11H,1,6,9,12H2,2H3,(H,19,26)(H,20,24)(H,21,22,25). The fourth-order valence-corrected chi connectivity index (χ4v) is 2.15. The summed E-state index contributed by atoms with van der Waals surface area (Å²) in [4.78, 5) is 34.5. The predicted octanol–water partition coefficient (Wildman–Crippen LogP) is 1.32. The van der Waals surface area contributed by atoms with E-state index < -0.39 is 0 Å². The summed E-state index contributed by atoms with van der Waals surface area (Å²) in [7, 11) is 1.55. The van der Waals surface area contributed by atoms with Gasteiger partial charge in [-0.1, -0.05) is 18.7 Å². The summed E-state index contributed by atoms with van der Waals surface area (Å²) in [6.45, 7) is 3.49. The second kappa shape index (κ2) is 9.16. The third kappa shape index (κ3) is 5.90. The van der Waals surface area contributed by atoms with E-state index in [-0.39, 0.29) is 24.3 Å². The largest absolute Gasteiger partial charge is 0.358 e. The molecule has 3 N–H and O–H groups in total. The molecule has 1 aromatic carbocycles. The van der Waals surface area contributed by atoms with Crippen LogP contribution in [-0.4, -0.2) is 34.5 Å². The number of anilines is 2. The fourth-order valence-electron chi connectivity index (χ4n) is 2.15. The van der Waals surface area contributed by atoms with Crippen LogP contribution in [0, 0.1) is 0 Å². The lowest BCUT2D eigenvalue weighted by atomic mass is 10.1. The number of nitrogens with zero attached hydrogens (tertiary/aromatic N) is 2. The molecule has 0 aliphatic carbocycles. The number of likely N-dealkylation sites (N-methyl/N-ethyl adjacent to an activating group) is 1. The minimum atomic E-state index is -0.270. The Morgan fingerprint density at radius 2 is 1.85 bits per heavy atom. The summed E-state index contributed by atoms with van der Waals surface area (Å²) in [5.74, 6) is -0.202.